The van der Waals surface area contributed by atoms with Crippen LogP contribution in [0.25, 0.3) is 0 Å². The van der Waals surface area contributed by atoms with Gasteiger partial charge in [0.15, 0.2) is 0 Å². The Labute approximate surface area is 110 Å². The molecule has 1 N–H and O–H groups in total. The van der Waals surface area contributed by atoms with Crippen LogP contribution in [0.3, 0.4) is 0 Å². The summed E-state index contributed by atoms with van der Waals surface area (Å²) in [5, 5.41) is 3.69. The molecule has 1 saturated carbocycles. The predicted molar refractivity (Wildman–Crippen MR) is 73.5 cm³/mol. The van der Waals surface area contributed by atoms with E-state index < -0.39 is 0 Å². The number of aromatic nitrogens is 1. The summed E-state index contributed by atoms with van der Waals surface area (Å²) in [5.74, 6) is 0. The molecule has 1 aliphatic heterocycles. The van der Waals surface area contributed by atoms with Crippen LogP contribution in [0.4, 0.5) is 0 Å². The molecule has 1 aromatic heterocycles. The van der Waals surface area contributed by atoms with Crippen LogP contribution in [0.2, 0.25) is 0 Å². The smallest absolute Gasteiger partial charge is 0.0416 e. The largest absolute Gasteiger partial charge is 0.312 e. The van der Waals surface area contributed by atoms with Crippen molar-refractivity contribution in [3.8, 4) is 0 Å². The highest BCUT2D eigenvalue weighted by atomic mass is 15.3. The Morgan fingerprint density at radius 1 is 1.39 bits per heavy atom. The first-order chi connectivity index (χ1) is 8.83. The molecule has 1 aromatic rings. The number of rotatable bonds is 5. The van der Waals surface area contributed by atoms with Gasteiger partial charge >= 0.3 is 0 Å². The maximum atomic E-state index is 4.36. The van der Waals surface area contributed by atoms with Crippen LogP contribution >= 0.6 is 0 Å². The molecule has 3 rings (SSSR count). The Morgan fingerprint density at radius 3 is 3.00 bits per heavy atom. The van der Waals surface area contributed by atoms with E-state index in [0.717, 1.165) is 25.0 Å². The van der Waals surface area contributed by atoms with Crippen molar-refractivity contribution in [2.24, 2.45) is 0 Å². The Hall–Kier alpha value is -0.930. The molecule has 0 bridgehead atoms. The molecule has 2 heterocycles. The third-order valence-electron chi connectivity index (χ3n) is 4.18. The fourth-order valence-electron chi connectivity index (χ4n) is 3.07. The van der Waals surface area contributed by atoms with Gasteiger partial charge in [-0.2, -0.15) is 0 Å². The van der Waals surface area contributed by atoms with Crippen molar-refractivity contribution in [3.05, 3.63) is 30.1 Å². The van der Waals surface area contributed by atoms with Crippen LogP contribution in [-0.4, -0.2) is 41.1 Å². The van der Waals surface area contributed by atoms with E-state index in [0.29, 0.717) is 6.04 Å². The third-order valence-corrected chi connectivity index (χ3v) is 4.18. The Morgan fingerprint density at radius 2 is 2.28 bits per heavy atom. The lowest BCUT2D eigenvalue weighted by molar-refractivity contribution is 0.255. The molecule has 0 radical (unpaired) electrons. The van der Waals surface area contributed by atoms with Crippen LogP contribution in [0, 0.1) is 0 Å². The molecule has 18 heavy (non-hydrogen) atoms. The second kappa shape index (κ2) is 5.37. The Balaban J connectivity index is 1.41. The first-order valence-corrected chi connectivity index (χ1v) is 7.22. The van der Waals surface area contributed by atoms with Gasteiger partial charge in [0.25, 0.3) is 0 Å². The van der Waals surface area contributed by atoms with E-state index in [9.17, 15) is 0 Å². The van der Waals surface area contributed by atoms with Crippen LogP contribution in [0.5, 0.6) is 0 Å². The molecule has 0 spiro atoms. The normalized spacial score (nSPS) is 28.7. The molecule has 2 unspecified atom stereocenters. The van der Waals surface area contributed by atoms with Gasteiger partial charge in [-0.15, -0.1) is 0 Å². The van der Waals surface area contributed by atoms with Gasteiger partial charge in [-0.3, -0.25) is 9.88 Å². The van der Waals surface area contributed by atoms with Gasteiger partial charge in [0.2, 0.25) is 0 Å². The van der Waals surface area contributed by atoms with Gasteiger partial charge in [-0.05, 0) is 38.3 Å². The first kappa shape index (κ1) is 12.1. The summed E-state index contributed by atoms with van der Waals surface area (Å²) in [4.78, 5) is 7.05. The fraction of sp³-hybridized carbons (Fsp3) is 0.667. The monoisotopic (exact) mass is 245 g/mol. The van der Waals surface area contributed by atoms with Gasteiger partial charge in [-0.25, -0.2) is 0 Å². The summed E-state index contributed by atoms with van der Waals surface area (Å²) in [6.45, 7) is 4.67. The summed E-state index contributed by atoms with van der Waals surface area (Å²) >= 11 is 0. The number of nitrogens with one attached hydrogen (secondary N) is 1. The molecule has 0 aromatic carbocycles. The topological polar surface area (TPSA) is 28.2 Å². The SMILES string of the molecule is CC1CC(NCCc2ccccn2)CN1C1CC1. The molecular formula is C15H23N3. The van der Waals surface area contributed by atoms with E-state index in [4.69, 9.17) is 0 Å². The molecule has 3 nitrogen and oxygen atoms in total. The summed E-state index contributed by atoms with van der Waals surface area (Å²) in [7, 11) is 0. The van der Waals surface area contributed by atoms with Gasteiger partial charge in [0.05, 0.1) is 0 Å². The second-order valence-electron chi connectivity index (χ2n) is 5.73. The van der Waals surface area contributed by atoms with Gasteiger partial charge in [0.1, 0.15) is 0 Å². The molecule has 3 heteroatoms. The van der Waals surface area contributed by atoms with Crippen LogP contribution < -0.4 is 5.32 Å². The number of likely N-dealkylation sites (tertiary alicyclic amines) is 1. The summed E-state index contributed by atoms with van der Waals surface area (Å²) in [6.07, 6.45) is 7.06. The standard InChI is InChI=1S/C15H23N3/c1-12-10-14(11-18(12)15-5-6-15)17-9-7-13-4-2-3-8-16-13/h2-4,8,12,14-15,17H,5-7,9-11H2,1H3. The quantitative estimate of drug-likeness (QED) is 0.858. The maximum Gasteiger partial charge on any atom is 0.0416 e. The van der Waals surface area contributed by atoms with Crippen molar-refractivity contribution in [1.29, 1.82) is 0 Å². The predicted octanol–water partition coefficient (Wildman–Crippen LogP) is 1.84. The van der Waals surface area contributed by atoms with Gasteiger partial charge in [-0.1, -0.05) is 6.07 Å². The second-order valence-corrected chi connectivity index (χ2v) is 5.73. The van der Waals surface area contributed by atoms with Gasteiger partial charge in [0, 0.05) is 49.5 Å². The van der Waals surface area contributed by atoms with Crippen molar-refractivity contribution in [2.45, 2.75) is 50.7 Å². The summed E-state index contributed by atoms with van der Waals surface area (Å²) in [5.41, 5.74) is 1.19. The van der Waals surface area contributed by atoms with E-state index in [-0.39, 0.29) is 0 Å². The number of nitrogens with zero attached hydrogens (tertiary/aromatic N) is 2. The Kier molecular flexibility index (Phi) is 3.62. The van der Waals surface area contributed by atoms with Crippen molar-refractivity contribution >= 4 is 0 Å². The van der Waals surface area contributed by atoms with E-state index in [1.54, 1.807) is 0 Å². The van der Waals surface area contributed by atoms with Crippen molar-refractivity contribution in [3.63, 3.8) is 0 Å². The molecule has 2 fully saturated rings. The molecule has 0 amide bonds. The number of pyridine rings is 1. The van der Waals surface area contributed by atoms with E-state index >= 15 is 0 Å². The summed E-state index contributed by atoms with van der Waals surface area (Å²) < 4.78 is 0. The highest BCUT2D eigenvalue weighted by Crippen LogP contribution is 2.33. The zero-order valence-electron chi connectivity index (χ0n) is 11.2. The van der Waals surface area contributed by atoms with Crippen molar-refractivity contribution in [1.82, 2.24) is 15.2 Å². The minimum Gasteiger partial charge on any atom is -0.312 e. The fourth-order valence-corrected chi connectivity index (χ4v) is 3.07. The third kappa shape index (κ3) is 2.90. The minimum atomic E-state index is 0.685. The van der Waals surface area contributed by atoms with Crippen LogP contribution in [0.1, 0.15) is 31.9 Å². The van der Waals surface area contributed by atoms with E-state index in [1.807, 2.05) is 12.3 Å². The zero-order valence-corrected chi connectivity index (χ0v) is 11.2. The molecule has 2 atom stereocenters. The lowest BCUT2D eigenvalue weighted by Crippen LogP contribution is -2.35. The average Bonchev–Trinajstić information content (AvgIpc) is 3.15. The first-order valence-electron chi connectivity index (χ1n) is 7.22. The highest BCUT2D eigenvalue weighted by molar-refractivity contribution is 5.04. The number of hydrogen-bond acceptors (Lipinski definition) is 3. The maximum absolute atomic E-state index is 4.36. The molecule has 1 aliphatic carbocycles. The van der Waals surface area contributed by atoms with Crippen LogP contribution in [0.15, 0.2) is 24.4 Å². The Bertz CT molecular complexity index is 375. The highest BCUT2D eigenvalue weighted by Gasteiger charge is 2.38. The average molecular weight is 245 g/mol. The molecule has 2 aliphatic rings. The van der Waals surface area contributed by atoms with Crippen molar-refractivity contribution in [2.75, 3.05) is 13.1 Å². The zero-order chi connectivity index (χ0) is 12.4. The molecule has 98 valence electrons. The lowest BCUT2D eigenvalue weighted by Gasteiger charge is -2.19. The minimum absolute atomic E-state index is 0.685. The summed E-state index contributed by atoms with van der Waals surface area (Å²) in [6, 6.07) is 8.50. The number of hydrogen-bond donors (Lipinski definition) is 1. The molecule has 1 saturated heterocycles. The van der Waals surface area contributed by atoms with Crippen LogP contribution in [-0.2, 0) is 6.42 Å². The van der Waals surface area contributed by atoms with Gasteiger partial charge < -0.3 is 5.32 Å². The molecular weight excluding hydrogens is 222 g/mol. The lowest BCUT2D eigenvalue weighted by atomic mass is 10.2. The van der Waals surface area contributed by atoms with E-state index in [2.05, 4.69) is 34.3 Å². The van der Waals surface area contributed by atoms with Crippen molar-refractivity contribution < 1.29 is 0 Å². The van der Waals surface area contributed by atoms with E-state index in [1.165, 1.54) is 31.5 Å².